The smallest absolute Gasteiger partial charge is 0.303 e. The SMILES string of the molecule is CO[C@@H]1O[C@@H](COS(=O)(=O)c2ccc(C)cc2)[C@H](OC(C)=O)[C@H](NC(=O)c2ccccc2)[C@H]1OC(C)=O. The van der Waals surface area contributed by atoms with E-state index in [9.17, 15) is 22.8 Å². The van der Waals surface area contributed by atoms with Crippen LogP contribution in [0.5, 0.6) is 0 Å². The lowest BCUT2D eigenvalue weighted by atomic mass is 9.95. The van der Waals surface area contributed by atoms with E-state index in [2.05, 4.69) is 5.32 Å². The van der Waals surface area contributed by atoms with Gasteiger partial charge >= 0.3 is 11.9 Å². The Morgan fingerprint density at radius 3 is 2.08 bits per heavy atom. The van der Waals surface area contributed by atoms with Gasteiger partial charge in [-0.1, -0.05) is 35.9 Å². The van der Waals surface area contributed by atoms with Crippen LogP contribution in [0.1, 0.15) is 29.8 Å². The lowest BCUT2D eigenvalue weighted by Gasteiger charge is -2.44. The number of esters is 2. The van der Waals surface area contributed by atoms with Crippen molar-refractivity contribution in [2.24, 2.45) is 0 Å². The first kappa shape index (κ1) is 28.3. The Morgan fingerprint density at radius 2 is 1.51 bits per heavy atom. The highest BCUT2D eigenvalue weighted by atomic mass is 32.2. The maximum Gasteiger partial charge on any atom is 0.303 e. The van der Waals surface area contributed by atoms with Gasteiger partial charge in [-0.05, 0) is 31.2 Å². The van der Waals surface area contributed by atoms with Gasteiger partial charge in [0.2, 0.25) is 0 Å². The summed E-state index contributed by atoms with van der Waals surface area (Å²) in [5.74, 6) is -1.99. The number of ether oxygens (including phenoxy) is 4. The fourth-order valence-corrected chi connectivity index (χ4v) is 4.74. The van der Waals surface area contributed by atoms with Crippen molar-refractivity contribution in [3.63, 3.8) is 0 Å². The van der Waals surface area contributed by atoms with Crippen LogP contribution in [0.25, 0.3) is 0 Å². The summed E-state index contributed by atoms with van der Waals surface area (Å²) in [4.78, 5) is 36.8. The van der Waals surface area contributed by atoms with Crippen molar-refractivity contribution in [1.82, 2.24) is 5.32 Å². The number of nitrogens with one attached hydrogen (secondary N) is 1. The zero-order valence-electron chi connectivity index (χ0n) is 20.8. The molecule has 0 saturated carbocycles. The first-order valence-electron chi connectivity index (χ1n) is 11.4. The van der Waals surface area contributed by atoms with Crippen LogP contribution in [0, 0.1) is 6.92 Å². The molecular weight excluding hydrogens is 506 g/mol. The van der Waals surface area contributed by atoms with Crippen molar-refractivity contribution < 1.29 is 45.9 Å². The highest BCUT2D eigenvalue weighted by molar-refractivity contribution is 7.86. The third kappa shape index (κ3) is 7.35. The number of carbonyl (C=O) groups excluding carboxylic acids is 3. The van der Waals surface area contributed by atoms with Crippen LogP contribution < -0.4 is 5.32 Å². The third-order valence-corrected chi connectivity index (χ3v) is 6.81. The summed E-state index contributed by atoms with van der Waals surface area (Å²) < 4.78 is 52.7. The Hall–Kier alpha value is -3.32. The first-order chi connectivity index (χ1) is 17.5. The van der Waals surface area contributed by atoms with E-state index in [-0.39, 0.29) is 4.90 Å². The molecule has 37 heavy (non-hydrogen) atoms. The van der Waals surface area contributed by atoms with Crippen molar-refractivity contribution in [3.05, 3.63) is 65.7 Å². The Labute approximate surface area is 215 Å². The lowest BCUT2D eigenvalue weighted by Crippen LogP contribution is -2.67. The summed E-state index contributed by atoms with van der Waals surface area (Å²) in [7, 11) is -2.92. The summed E-state index contributed by atoms with van der Waals surface area (Å²) >= 11 is 0. The quantitative estimate of drug-likeness (QED) is 0.372. The molecule has 0 aliphatic carbocycles. The minimum atomic E-state index is -4.20. The molecule has 1 heterocycles. The molecule has 2 aromatic rings. The van der Waals surface area contributed by atoms with Crippen molar-refractivity contribution >= 4 is 28.0 Å². The molecule has 1 amide bonds. The van der Waals surface area contributed by atoms with Gasteiger partial charge in [-0.15, -0.1) is 0 Å². The van der Waals surface area contributed by atoms with Gasteiger partial charge in [0.05, 0.1) is 11.5 Å². The zero-order valence-corrected chi connectivity index (χ0v) is 21.6. The average molecular weight is 536 g/mol. The van der Waals surface area contributed by atoms with E-state index in [0.29, 0.717) is 5.56 Å². The highest BCUT2D eigenvalue weighted by Crippen LogP contribution is 2.28. The monoisotopic (exact) mass is 535 g/mol. The molecule has 0 spiro atoms. The Kier molecular flexibility index (Phi) is 9.38. The molecule has 1 saturated heterocycles. The summed E-state index contributed by atoms with van der Waals surface area (Å²) in [6.07, 6.45) is -4.99. The number of benzene rings is 2. The van der Waals surface area contributed by atoms with Crippen LogP contribution in [0.15, 0.2) is 59.5 Å². The van der Waals surface area contributed by atoms with Crippen LogP contribution in [-0.2, 0) is 42.8 Å². The Balaban J connectivity index is 1.93. The number of methoxy groups -OCH3 is 1. The number of aryl methyl sites for hydroxylation is 1. The predicted molar refractivity (Wildman–Crippen MR) is 129 cm³/mol. The molecule has 5 atom stereocenters. The van der Waals surface area contributed by atoms with Gasteiger partial charge in [0.1, 0.15) is 12.1 Å². The van der Waals surface area contributed by atoms with Crippen LogP contribution >= 0.6 is 0 Å². The second kappa shape index (κ2) is 12.3. The Morgan fingerprint density at radius 1 is 0.919 bits per heavy atom. The van der Waals surface area contributed by atoms with Crippen LogP contribution in [0.2, 0.25) is 0 Å². The number of hydrogen-bond acceptors (Lipinski definition) is 10. The largest absolute Gasteiger partial charge is 0.457 e. The van der Waals surface area contributed by atoms with Crippen LogP contribution in [0.3, 0.4) is 0 Å². The molecule has 1 N–H and O–H groups in total. The fourth-order valence-electron chi connectivity index (χ4n) is 3.82. The first-order valence-corrected chi connectivity index (χ1v) is 12.8. The number of hydrogen-bond donors (Lipinski definition) is 1. The topological polar surface area (TPSA) is 144 Å². The van der Waals surface area contributed by atoms with E-state index < -0.39 is 65.2 Å². The van der Waals surface area contributed by atoms with E-state index in [0.717, 1.165) is 19.4 Å². The molecular formula is C25H29NO10S. The number of amides is 1. The molecule has 0 bridgehead atoms. The molecule has 200 valence electrons. The molecule has 3 rings (SSSR count). The van der Waals surface area contributed by atoms with Crippen molar-refractivity contribution in [1.29, 1.82) is 0 Å². The normalized spacial score (nSPS) is 23.6. The summed E-state index contributed by atoms with van der Waals surface area (Å²) in [5, 5.41) is 2.72. The minimum absolute atomic E-state index is 0.0760. The second-order valence-electron chi connectivity index (χ2n) is 8.34. The van der Waals surface area contributed by atoms with E-state index in [4.69, 9.17) is 23.1 Å². The maximum absolute atomic E-state index is 13.0. The van der Waals surface area contributed by atoms with Gasteiger partial charge in [0.15, 0.2) is 18.5 Å². The molecule has 0 radical (unpaired) electrons. The highest BCUT2D eigenvalue weighted by Gasteiger charge is 2.51. The molecule has 1 aliphatic heterocycles. The van der Waals surface area contributed by atoms with Crippen LogP contribution in [-0.4, -0.2) is 70.6 Å². The van der Waals surface area contributed by atoms with Gasteiger partial charge in [0, 0.05) is 26.5 Å². The van der Waals surface area contributed by atoms with Gasteiger partial charge < -0.3 is 24.3 Å². The van der Waals surface area contributed by atoms with Crippen molar-refractivity contribution in [2.75, 3.05) is 13.7 Å². The zero-order chi connectivity index (χ0) is 27.2. The average Bonchev–Trinajstić information content (AvgIpc) is 2.85. The van der Waals surface area contributed by atoms with Gasteiger partial charge in [-0.2, -0.15) is 8.42 Å². The molecule has 12 heteroatoms. The van der Waals surface area contributed by atoms with E-state index in [1.54, 1.807) is 42.5 Å². The van der Waals surface area contributed by atoms with Gasteiger partial charge in [-0.3, -0.25) is 18.6 Å². The van der Waals surface area contributed by atoms with Crippen LogP contribution in [0.4, 0.5) is 0 Å². The maximum atomic E-state index is 13.0. The predicted octanol–water partition coefficient (Wildman–Crippen LogP) is 1.73. The molecule has 1 fully saturated rings. The van der Waals surface area contributed by atoms with Gasteiger partial charge in [0.25, 0.3) is 16.0 Å². The van der Waals surface area contributed by atoms with E-state index in [1.165, 1.54) is 19.2 Å². The van der Waals surface area contributed by atoms with Crippen molar-refractivity contribution in [2.45, 2.75) is 56.3 Å². The molecule has 0 aromatic heterocycles. The number of carbonyl (C=O) groups is 3. The second-order valence-corrected chi connectivity index (χ2v) is 9.96. The van der Waals surface area contributed by atoms with Crippen molar-refractivity contribution in [3.8, 4) is 0 Å². The molecule has 11 nitrogen and oxygen atoms in total. The third-order valence-electron chi connectivity index (χ3n) is 5.52. The molecule has 1 aliphatic rings. The molecule has 2 aromatic carbocycles. The lowest BCUT2D eigenvalue weighted by molar-refractivity contribution is -0.276. The summed E-state index contributed by atoms with van der Waals surface area (Å²) in [6.45, 7) is 3.52. The van der Waals surface area contributed by atoms with E-state index in [1.807, 2.05) is 6.92 Å². The standard InChI is InChI=1S/C25H29NO10S/c1-15-10-12-19(13-11-15)37(30,31)33-14-20-22(34-16(2)27)21(23(35-17(3)28)25(32-4)36-20)26-24(29)18-8-6-5-7-9-18/h5-13,20-23,25H,14H2,1-4H3,(H,26,29)/t20-,21-,22-,23+,25+/m0/s1. The summed E-state index contributed by atoms with van der Waals surface area (Å²) in [5.41, 5.74) is 1.15. The minimum Gasteiger partial charge on any atom is -0.457 e. The Bertz CT molecular complexity index is 1200. The summed E-state index contributed by atoms with van der Waals surface area (Å²) in [6, 6.07) is 13.1. The number of rotatable bonds is 9. The molecule has 0 unspecified atom stereocenters. The van der Waals surface area contributed by atoms with Gasteiger partial charge in [-0.25, -0.2) is 0 Å². The van der Waals surface area contributed by atoms with E-state index >= 15 is 0 Å². The fraction of sp³-hybridized carbons (Fsp3) is 0.400.